The van der Waals surface area contributed by atoms with Gasteiger partial charge in [-0.1, -0.05) is 19.1 Å². The molecule has 0 saturated carbocycles. The summed E-state index contributed by atoms with van der Waals surface area (Å²) >= 11 is 0. The number of hydrogen-bond acceptors (Lipinski definition) is 3. The van der Waals surface area contributed by atoms with Gasteiger partial charge in [0.15, 0.2) is 11.6 Å². The lowest BCUT2D eigenvalue weighted by Crippen LogP contribution is -2.25. The molecule has 0 spiro atoms. The number of ether oxygens (including phenoxy) is 1. The van der Waals surface area contributed by atoms with Crippen LogP contribution in [0, 0.1) is 5.82 Å². The molecule has 2 unspecified atom stereocenters. The van der Waals surface area contributed by atoms with Crippen LogP contribution in [-0.2, 0) is 21.3 Å². The maximum Gasteiger partial charge on any atom is 0.319 e. The number of aliphatic carboxylic acids is 1. The molecule has 0 aliphatic rings. The van der Waals surface area contributed by atoms with Crippen LogP contribution < -0.4 is 4.74 Å². The highest BCUT2D eigenvalue weighted by Gasteiger charge is 2.24. The molecule has 100 valence electrons. The van der Waals surface area contributed by atoms with Gasteiger partial charge in [-0.25, -0.2) is 4.39 Å². The van der Waals surface area contributed by atoms with Gasteiger partial charge in [-0.05, 0) is 12.5 Å². The normalized spacial score (nSPS) is 13.9. The van der Waals surface area contributed by atoms with Crippen molar-refractivity contribution in [3.8, 4) is 5.75 Å². The Kier molecular flexibility index (Phi) is 5.27. The second-order valence-electron chi connectivity index (χ2n) is 3.69. The van der Waals surface area contributed by atoms with Gasteiger partial charge in [0.2, 0.25) is 0 Å². The number of halogens is 1. The minimum Gasteiger partial charge on any atom is -0.494 e. The zero-order valence-corrected chi connectivity index (χ0v) is 11.0. The molecule has 0 fully saturated rings. The number of benzene rings is 1. The number of methoxy groups -OCH3 is 1. The third-order valence-electron chi connectivity index (χ3n) is 2.52. The Morgan fingerprint density at radius 2 is 2.22 bits per heavy atom. The monoisotopic (exact) mass is 274 g/mol. The van der Waals surface area contributed by atoms with Gasteiger partial charge in [-0.2, -0.15) is 0 Å². The molecule has 6 heteroatoms. The van der Waals surface area contributed by atoms with Crippen LogP contribution in [0.4, 0.5) is 4.39 Å². The minimum atomic E-state index is -1.65. The van der Waals surface area contributed by atoms with Crippen molar-refractivity contribution in [1.82, 2.24) is 0 Å². The summed E-state index contributed by atoms with van der Waals surface area (Å²) < 4.78 is 30.5. The fourth-order valence-electron chi connectivity index (χ4n) is 1.55. The number of rotatable bonds is 6. The number of carboxylic acid groups (broad SMARTS) is 1. The molecular formula is C12H15FO4S. The van der Waals surface area contributed by atoms with Crippen LogP contribution in [0.15, 0.2) is 18.2 Å². The molecule has 0 heterocycles. The lowest BCUT2D eigenvalue weighted by molar-refractivity contribution is -0.136. The average Bonchev–Trinajstić information content (AvgIpc) is 2.32. The topological polar surface area (TPSA) is 63.6 Å². The van der Waals surface area contributed by atoms with Crippen LogP contribution in [0.1, 0.15) is 18.9 Å². The molecule has 18 heavy (non-hydrogen) atoms. The first-order valence-electron chi connectivity index (χ1n) is 5.42. The molecule has 1 aromatic carbocycles. The van der Waals surface area contributed by atoms with E-state index in [1.54, 1.807) is 13.0 Å². The van der Waals surface area contributed by atoms with Gasteiger partial charge in [0.05, 0.1) is 12.9 Å². The van der Waals surface area contributed by atoms with E-state index in [0.717, 1.165) is 0 Å². The Hall–Kier alpha value is -1.43. The summed E-state index contributed by atoms with van der Waals surface area (Å²) in [4.78, 5) is 10.9. The van der Waals surface area contributed by atoms with Crippen LogP contribution in [0.25, 0.3) is 0 Å². The zero-order valence-electron chi connectivity index (χ0n) is 10.2. The second kappa shape index (κ2) is 6.49. The fourth-order valence-corrected chi connectivity index (χ4v) is 2.88. The average molecular weight is 274 g/mol. The first-order chi connectivity index (χ1) is 8.51. The zero-order chi connectivity index (χ0) is 13.7. The lowest BCUT2D eigenvalue weighted by atomic mass is 10.2. The van der Waals surface area contributed by atoms with E-state index in [9.17, 15) is 13.4 Å². The molecule has 0 radical (unpaired) electrons. The van der Waals surface area contributed by atoms with Gasteiger partial charge in [-0.3, -0.25) is 9.00 Å². The number of carbonyl (C=O) groups is 1. The van der Waals surface area contributed by atoms with Gasteiger partial charge >= 0.3 is 5.97 Å². The largest absolute Gasteiger partial charge is 0.494 e. The van der Waals surface area contributed by atoms with Crippen molar-refractivity contribution in [2.24, 2.45) is 0 Å². The first kappa shape index (κ1) is 14.6. The summed E-state index contributed by atoms with van der Waals surface area (Å²) in [6, 6.07) is 4.51. The van der Waals surface area contributed by atoms with Gasteiger partial charge in [-0.15, -0.1) is 0 Å². The minimum absolute atomic E-state index is 0.0628. The predicted octanol–water partition coefficient (Wildman–Crippen LogP) is 1.95. The van der Waals surface area contributed by atoms with Crippen molar-refractivity contribution in [3.63, 3.8) is 0 Å². The van der Waals surface area contributed by atoms with E-state index in [4.69, 9.17) is 9.84 Å². The van der Waals surface area contributed by atoms with Crippen molar-refractivity contribution in [2.75, 3.05) is 7.11 Å². The summed E-state index contributed by atoms with van der Waals surface area (Å²) in [6.07, 6.45) is 0.244. The van der Waals surface area contributed by atoms with Crippen molar-refractivity contribution >= 4 is 16.8 Å². The molecule has 2 atom stereocenters. The quantitative estimate of drug-likeness (QED) is 0.861. The summed E-state index contributed by atoms with van der Waals surface area (Å²) in [7, 11) is -0.316. The summed E-state index contributed by atoms with van der Waals surface area (Å²) in [5, 5.41) is 7.90. The highest BCUT2D eigenvalue weighted by molar-refractivity contribution is 7.85. The maximum absolute atomic E-state index is 13.8. The molecule has 1 N–H and O–H groups in total. The third kappa shape index (κ3) is 3.29. The van der Waals surface area contributed by atoms with E-state index in [1.807, 2.05) is 0 Å². The van der Waals surface area contributed by atoms with Gasteiger partial charge in [0.1, 0.15) is 5.25 Å². The van der Waals surface area contributed by atoms with E-state index in [2.05, 4.69) is 0 Å². The van der Waals surface area contributed by atoms with Gasteiger partial charge < -0.3 is 9.84 Å². The van der Waals surface area contributed by atoms with Crippen molar-refractivity contribution < 1.29 is 23.2 Å². The molecule has 1 rings (SSSR count). The van der Waals surface area contributed by atoms with Crippen molar-refractivity contribution in [2.45, 2.75) is 24.3 Å². The molecule has 0 saturated heterocycles. The van der Waals surface area contributed by atoms with Crippen LogP contribution in [0.3, 0.4) is 0 Å². The van der Waals surface area contributed by atoms with E-state index < -0.39 is 27.8 Å². The molecule has 0 aromatic heterocycles. The van der Waals surface area contributed by atoms with Gasteiger partial charge in [0.25, 0.3) is 0 Å². The Morgan fingerprint density at radius 3 is 2.72 bits per heavy atom. The highest BCUT2D eigenvalue weighted by atomic mass is 32.2. The number of hydrogen-bond donors (Lipinski definition) is 1. The third-order valence-corrected chi connectivity index (χ3v) is 4.29. The van der Waals surface area contributed by atoms with Crippen LogP contribution >= 0.6 is 0 Å². The Balaban J connectivity index is 2.91. The van der Waals surface area contributed by atoms with Crippen LogP contribution in [0.2, 0.25) is 0 Å². The second-order valence-corrected chi connectivity index (χ2v) is 5.31. The highest BCUT2D eigenvalue weighted by Crippen LogP contribution is 2.22. The summed E-state index contributed by atoms with van der Waals surface area (Å²) in [5.74, 6) is -1.78. The first-order valence-corrected chi connectivity index (χ1v) is 6.80. The standard InChI is InChI=1S/C12H15FO4S/c1-3-10(12(14)15)18(16)7-8-5-4-6-9(17-2)11(8)13/h4-6,10H,3,7H2,1-2H3,(H,14,15). The van der Waals surface area contributed by atoms with Gasteiger partial charge in [0, 0.05) is 16.4 Å². The van der Waals surface area contributed by atoms with E-state index >= 15 is 0 Å². The Morgan fingerprint density at radius 1 is 1.56 bits per heavy atom. The summed E-state index contributed by atoms with van der Waals surface area (Å²) in [6.45, 7) is 1.64. The maximum atomic E-state index is 13.8. The van der Waals surface area contributed by atoms with Crippen molar-refractivity contribution in [1.29, 1.82) is 0 Å². The fraction of sp³-hybridized carbons (Fsp3) is 0.417. The smallest absolute Gasteiger partial charge is 0.319 e. The SMILES string of the molecule is CCC(C(=O)O)S(=O)Cc1cccc(OC)c1F. The molecule has 4 nitrogen and oxygen atoms in total. The lowest BCUT2D eigenvalue weighted by Gasteiger charge is -2.11. The Labute approximate surface area is 107 Å². The van der Waals surface area contributed by atoms with E-state index in [1.165, 1.54) is 19.2 Å². The molecule has 0 bridgehead atoms. The van der Waals surface area contributed by atoms with Crippen molar-refractivity contribution in [3.05, 3.63) is 29.6 Å². The molecule has 1 aromatic rings. The molecule has 0 aliphatic carbocycles. The van der Waals surface area contributed by atoms with Crippen LogP contribution in [-0.4, -0.2) is 27.6 Å². The Bertz CT molecular complexity index is 461. The number of carboxylic acids is 1. The molecular weight excluding hydrogens is 259 g/mol. The molecule has 0 aliphatic heterocycles. The predicted molar refractivity (Wildman–Crippen MR) is 66.5 cm³/mol. The summed E-state index contributed by atoms with van der Waals surface area (Å²) in [5.41, 5.74) is 0.201. The molecule has 0 amide bonds. The van der Waals surface area contributed by atoms with Crippen LogP contribution in [0.5, 0.6) is 5.75 Å². The van der Waals surface area contributed by atoms with E-state index in [0.29, 0.717) is 0 Å². The van der Waals surface area contributed by atoms with E-state index in [-0.39, 0.29) is 23.5 Å².